The molecule has 0 N–H and O–H groups in total. The molecule has 0 unspecified atom stereocenters. The number of aryl methyl sites for hydroxylation is 2. The molecule has 0 saturated heterocycles. The summed E-state index contributed by atoms with van der Waals surface area (Å²) >= 11 is 0. The first-order valence-corrected chi connectivity index (χ1v) is 9.10. The number of benzene rings is 1. The lowest BCUT2D eigenvalue weighted by molar-refractivity contribution is 0.569. The fourth-order valence-electron chi connectivity index (χ4n) is 3.44. The Morgan fingerprint density at radius 2 is 1.97 bits per heavy atom. The van der Waals surface area contributed by atoms with E-state index in [4.69, 9.17) is 9.40 Å². The minimum absolute atomic E-state index is 0.311. The van der Waals surface area contributed by atoms with Crippen molar-refractivity contribution >= 4 is 11.0 Å². The second-order valence-electron chi connectivity index (χ2n) is 6.50. The van der Waals surface area contributed by atoms with Crippen LogP contribution in [0, 0.1) is 12.7 Å². The van der Waals surface area contributed by atoms with Gasteiger partial charge in [0.05, 0.1) is 33.7 Å². The molecule has 1 aromatic carbocycles. The highest BCUT2D eigenvalue weighted by molar-refractivity contribution is 5.95. The largest absolute Gasteiger partial charge is 0.423 e. The summed E-state index contributed by atoms with van der Waals surface area (Å²) in [5.41, 5.74) is 4.36. The highest BCUT2D eigenvalue weighted by Crippen LogP contribution is 2.34. The Balaban J connectivity index is 1.84. The summed E-state index contributed by atoms with van der Waals surface area (Å²) in [7, 11) is 0. The van der Waals surface area contributed by atoms with Gasteiger partial charge in [0.2, 0.25) is 12.3 Å². The van der Waals surface area contributed by atoms with Gasteiger partial charge in [-0.05, 0) is 50.2 Å². The van der Waals surface area contributed by atoms with Crippen LogP contribution in [0.1, 0.15) is 12.6 Å². The molecule has 5 rings (SSSR count). The molecule has 144 valence electrons. The molecule has 5 aromatic rings. The average Bonchev–Trinajstić information content (AvgIpc) is 3.48. The Morgan fingerprint density at radius 1 is 1.14 bits per heavy atom. The topological polar surface area (TPSA) is 87.5 Å². The van der Waals surface area contributed by atoms with Crippen LogP contribution < -0.4 is 0 Å². The molecule has 0 radical (unpaired) electrons. The number of fused-ring (bicyclic) bond motifs is 1. The zero-order chi connectivity index (χ0) is 20.0. The number of rotatable bonds is 4. The van der Waals surface area contributed by atoms with Crippen LogP contribution in [-0.4, -0.2) is 34.7 Å². The van der Waals surface area contributed by atoms with Gasteiger partial charge < -0.3 is 4.42 Å². The van der Waals surface area contributed by atoms with Gasteiger partial charge in [0.15, 0.2) is 5.65 Å². The van der Waals surface area contributed by atoms with Crippen molar-refractivity contribution in [3.8, 4) is 28.5 Å². The lowest BCUT2D eigenvalue weighted by atomic mass is 10.1. The molecule has 0 spiro atoms. The zero-order valence-corrected chi connectivity index (χ0v) is 15.7. The zero-order valence-electron chi connectivity index (χ0n) is 15.7. The van der Waals surface area contributed by atoms with E-state index in [0.717, 1.165) is 22.3 Å². The van der Waals surface area contributed by atoms with E-state index in [1.807, 2.05) is 30.7 Å². The van der Waals surface area contributed by atoms with E-state index in [1.165, 1.54) is 18.5 Å². The minimum atomic E-state index is -0.311. The van der Waals surface area contributed by atoms with E-state index in [-0.39, 0.29) is 5.82 Å². The SMILES string of the molecule is CCn1nccc1-c1cc(-c2nnco2)c2c(C)nn(-c3ccc(F)cc3)c2n1. The van der Waals surface area contributed by atoms with Crippen LogP contribution >= 0.6 is 0 Å². The first-order valence-electron chi connectivity index (χ1n) is 9.10. The van der Waals surface area contributed by atoms with Gasteiger partial charge in [-0.3, -0.25) is 4.68 Å². The van der Waals surface area contributed by atoms with E-state index in [2.05, 4.69) is 20.4 Å². The molecule has 29 heavy (non-hydrogen) atoms. The second-order valence-corrected chi connectivity index (χ2v) is 6.50. The average molecular weight is 389 g/mol. The molecule has 0 fully saturated rings. The molecule has 8 nitrogen and oxygen atoms in total. The molecule has 0 atom stereocenters. The summed E-state index contributed by atoms with van der Waals surface area (Å²) in [6, 6.07) is 9.93. The molecule has 0 aliphatic carbocycles. The molecular formula is C20H16FN7O. The van der Waals surface area contributed by atoms with E-state index in [0.29, 0.717) is 29.5 Å². The summed E-state index contributed by atoms with van der Waals surface area (Å²) in [4.78, 5) is 4.87. The lowest BCUT2D eigenvalue weighted by Gasteiger charge is -2.08. The first kappa shape index (κ1) is 17.2. The van der Waals surface area contributed by atoms with Crippen molar-refractivity contribution in [1.29, 1.82) is 0 Å². The number of nitrogens with zero attached hydrogens (tertiary/aromatic N) is 7. The van der Waals surface area contributed by atoms with Crippen molar-refractivity contribution < 1.29 is 8.81 Å². The third-order valence-corrected chi connectivity index (χ3v) is 4.75. The Labute approximate surface area is 164 Å². The fourth-order valence-corrected chi connectivity index (χ4v) is 3.44. The number of hydrogen-bond donors (Lipinski definition) is 0. The van der Waals surface area contributed by atoms with Gasteiger partial charge in [0, 0.05) is 12.7 Å². The number of aromatic nitrogens is 7. The van der Waals surface area contributed by atoms with Gasteiger partial charge in [-0.15, -0.1) is 10.2 Å². The van der Waals surface area contributed by atoms with Crippen molar-refractivity contribution in [2.45, 2.75) is 20.4 Å². The van der Waals surface area contributed by atoms with Crippen LogP contribution in [-0.2, 0) is 6.54 Å². The molecule has 9 heteroatoms. The van der Waals surface area contributed by atoms with Gasteiger partial charge in [-0.25, -0.2) is 14.1 Å². The normalized spacial score (nSPS) is 11.4. The summed E-state index contributed by atoms with van der Waals surface area (Å²) in [6.07, 6.45) is 3.02. The predicted octanol–water partition coefficient (Wildman–Crippen LogP) is 3.80. The van der Waals surface area contributed by atoms with Gasteiger partial charge in [0.1, 0.15) is 5.82 Å². The predicted molar refractivity (Wildman–Crippen MR) is 104 cm³/mol. The quantitative estimate of drug-likeness (QED) is 0.465. The van der Waals surface area contributed by atoms with Gasteiger partial charge in [-0.2, -0.15) is 10.2 Å². The standard InChI is InChI=1S/C20H16FN7O/c1-3-27-17(8-9-23-27)16-10-15(20-25-22-11-29-20)18-12(2)26-28(19(18)24-16)14-6-4-13(21)5-7-14/h4-11H,3H2,1-2H3. The molecule has 4 heterocycles. The third kappa shape index (κ3) is 2.78. The smallest absolute Gasteiger partial charge is 0.248 e. The summed E-state index contributed by atoms with van der Waals surface area (Å²) in [5.74, 6) is 0.0666. The fraction of sp³-hybridized carbons (Fsp3) is 0.150. The van der Waals surface area contributed by atoms with Crippen LogP contribution in [0.5, 0.6) is 0 Å². The third-order valence-electron chi connectivity index (χ3n) is 4.75. The maximum Gasteiger partial charge on any atom is 0.248 e. The maximum absolute atomic E-state index is 13.4. The highest BCUT2D eigenvalue weighted by atomic mass is 19.1. The van der Waals surface area contributed by atoms with Crippen LogP contribution in [0.4, 0.5) is 4.39 Å². The van der Waals surface area contributed by atoms with Gasteiger partial charge >= 0.3 is 0 Å². The second kappa shape index (κ2) is 6.62. The van der Waals surface area contributed by atoms with E-state index >= 15 is 0 Å². The lowest BCUT2D eigenvalue weighted by Crippen LogP contribution is -2.02. The van der Waals surface area contributed by atoms with Crippen molar-refractivity contribution in [2.24, 2.45) is 0 Å². The monoisotopic (exact) mass is 389 g/mol. The Hall–Kier alpha value is -3.88. The summed E-state index contributed by atoms with van der Waals surface area (Å²) in [5, 5.41) is 17.7. The van der Waals surface area contributed by atoms with Gasteiger partial charge in [0.25, 0.3) is 0 Å². The first-order chi connectivity index (χ1) is 14.2. The Morgan fingerprint density at radius 3 is 2.69 bits per heavy atom. The molecule has 0 aliphatic rings. The van der Waals surface area contributed by atoms with Gasteiger partial charge in [-0.1, -0.05) is 0 Å². The van der Waals surface area contributed by atoms with Crippen molar-refractivity contribution in [3.63, 3.8) is 0 Å². The molecular weight excluding hydrogens is 373 g/mol. The summed E-state index contributed by atoms with van der Waals surface area (Å²) < 4.78 is 22.5. The molecule has 0 amide bonds. The summed E-state index contributed by atoms with van der Waals surface area (Å²) in [6.45, 7) is 4.61. The Kier molecular flexibility index (Phi) is 3.94. The number of hydrogen-bond acceptors (Lipinski definition) is 6. The Bertz CT molecular complexity index is 1300. The number of halogens is 1. The van der Waals surface area contributed by atoms with Crippen LogP contribution in [0.2, 0.25) is 0 Å². The van der Waals surface area contributed by atoms with Crippen LogP contribution in [0.3, 0.4) is 0 Å². The van der Waals surface area contributed by atoms with E-state index < -0.39 is 0 Å². The van der Waals surface area contributed by atoms with Crippen LogP contribution in [0.15, 0.2) is 53.4 Å². The number of pyridine rings is 1. The van der Waals surface area contributed by atoms with E-state index in [9.17, 15) is 4.39 Å². The molecule has 0 aliphatic heterocycles. The molecule has 0 bridgehead atoms. The van der Waals surface area contributed by atoms with Crippen molar-refractivity contribution in [3.05, 3.63) is 60.5 Å². The minimum Gasteiger partial charge on any atom is -0.423 e. The van der Waals surface area contributed by atoms with Crippen molar-refractivity contribution in [1.82, 2.24) is 34.7 Å². The van der Waals surface area contributed by atoms with Crippen LogP contribution in [0.25, 0.3) is 39.6 Å². The molecule has 0 saturated carbocycles. The maximum atomic E-state index is 13.4. The molecule has 4 aromatic heterocycles. The van der Waals surface area contributed by atoms with E-state index in [1.54, 1.807) is 23.0 Å². The highest BCUT2D eigenvalue weighted by Gasteiger charge is 2.21. The van der Waals surface area contributed by atoms with Crippen molar-refractivity contribution in [2.75, 3.05) is 0 Å².